The molecule has 0 saturated carbocycles. The lowest BCUT2D eigenvalue weighted by Crippen LogP contribution is -2.26. The van der Waals surface area contributed by atoms with Gasteiger partial charge in [0, 0.05) is 30.0 Å². The summed E-state index contributed by atoms with van der Waals surface area (Å²) in [6.45, 7) is 3.03. The SMILES string of the molecule is Cc1noc(C2CN(C(=O)/C=C\c3cccs3)CC2c2ccccc2)n1. The largest absolute Gasteiger partial charge is 0.339 e. The summed E-state index contributed by atoms with van der Waals surface area (Å²) in [7, 11) is 0. The van der Waals surface area contributed by atoms with E-state index in [1.165, 1.54) is 5.56 Å². The van der Waals surface area contributed by atoms with Gasteiger partial charge in [0.15, 0.2) is 5.82 Å². The van der Waals surface area contributed by atoms with Gasteiger partial charge in [0.25, 0.3) is 0 Å². The Balaban J connectivity index is 1.57. The Hall–Kier alpha value is -2.73. The molecule has 1 fully saturated rings. The van der Waals surface area contributed by atoms with Gasteiger partial charge < -0.3 is 9.42 Å². The van der Waals surface area contributed by atoms with Crippen molar-refractivity contribution in [2.24, 2.45) is 0 Å². The van der Waals surface area contributed by atoms with Crippen LogP contribution in [0.4, 0.5) is 0 Å². The highest BCUT2D eigenvalue weighted by Crippen LogP contribution is 2.39. The highest BCUT2D eigenvalue weighted by Gasteiger charge is 2.39. The van der Waals surface area contributed by atoms with Crippen LogP contribution in [-0.2, 0) is 4.79 Å². The Kier molecular flexibility index (Phi) is 4.67. The molecule has 4 rings (SSSR count). The normalized spacial score (nSPS) is 20.1. The van der Waals surface area contributed by atoms with E-state index in [0.29, 0.717) is 24.8 Å². The van der Waals surface area contributed by atoms with Crippen LogP contribution in [0.1, 0.15) is 34.0 Å². The molecule has 2 atom stereocenters. The molecule has 1 aliphatic rings. The lowest BCUT2D eigenvalue weighted by molar-refractivity contribution is -0.125. The highest BCUT2D eigenvalue weighted by molar-refractivity contribution is 7.10. The summed E-state index contributed by atoms with van der Waals surface area (Å²) in [5.74, 6) is 1.40. The summed E-state index contributed by atoms with van der Waals surface area (Å²) in [6.07, 6.45) is 3.52. The Morgan fingerprint density at radius 1 is 1.19 bits per heavy atom. The molecule has 3 aromatic rings. The molecule has 1 aliphatic heterocycles. The quantitative estimate of drug-likeness (QED) is 0.659. The number of hydrogen-bond acceptors (Lipinski definition) is 5. The topological polar surface area (TPSA) is 59.2 Å². The van der Waals surface area contributed by atoms with E-state index in [1.807, 2.05) is 53.6 Å². The molecular weight excluding hydrogens is 346 g/mol. The lowest BCUT2D eigenvalue weighted by atomic mass is 9.89. The molecule has 1 aromatic carbocycles. The van der Waals surface area contributed by atoms with Gasteiger partial charge >= 0.3 is 0 Å². The van der Waals surface area contributed by atoms with Crippen LogP contribution in [0.25, 0.3) is 6.08 Å². The van der Waals surface area contributed by atoms with Crippen LogP contribution >= 0.6 is 11.3 Å². The van der Waals surface area contributed by atoms with Crippen molar-refractivity contribution in [3.05, 3.63) is 76.1 Å². The fourth-order valence-corrected chi connectivity index (χ4v) is 4.00. The number of carbonyl (C=O) groups is 1. The van der Waals surface area contributed by atoms with Gasteiger partial charge in [-0.15, -0.1) is 11.3 Å². The average Bonchev–Trinajstić information content (AvgIpc) is 3.40. The third-order valence-corrected chi connectivity index (χ3v) is 5.49. The second-order valence-electron chi connectivity index (χ2n) is 6.40. The maximum absolute atomic E-state index is 12.7. The minimum absolute atomic E-state index is 0.0117. The standard InChI is InChI=1S/C20H19N3O2S/c1-14-21-20(25-22-14)18-13-23(12-17(18)15-6-3-2-4-7-15)19(24)10-9-16-8-5-11-26-16/h2-11,17-18H,12-13H2,1H3/b10-9-. The van der Waals surface area contributed by atoms with E-state index in [-0.39, 0.29) is 17.7 Å². The predicted octanol–water partition coefficient (Wildman–Crippen LogP) is 3.86. The second-order valence-corrected chi connectivity index (χ2v) is 7.37. The lowest BCUT2D eigenvalue weighted by Gasteiger charge is -2.15. The van der Waals surface area contributed by atoms with Crippen molar-refractivity contribution in [1.82, 2.24) is 15.0 Å². The zero-order valence-electron chi connectivity index (χ0n) is 14.4. The van der Waals surface area contributed by atoms with Crippen molar-refractivity contribution >= 4 is 23.3 Å². The van der Waals surface area contributed by atoms with E-state index in [0.717, 1.165) is 4.88 Å². The van der Waals surface area contributed by atoms with Gasteiger partial charge in [0.1, 0.15) is 0 Å². The van der Waals surface area contributed by atoms with Crippen LogP contribution in [0.3, 0.4) is 0 Å². The van der Waals surface area contributed by atoms with Gasteiger partial charge in [-0.1, -0.05) is 41.6 Å². The van der Waals surface area contributed by atoms with Crippen LogP contribution in [-0.4, -0.2) is 34.0 Å². The minimum atomic E-state index is 0.0117. The first-order valence-corrected chi connectivity index (χ1v) is 9.44. The van der Waals surface area contributed by atoms with Crippen LogP contribution in [0, 0.1) is 6.92 Å². The van der Waals surface area contributed by atoms with Gasteiger partial charge in [-0.05, 0) is 30.0 Å². The molecular formula is C20H19N3O2S. The molecule has 2 aromatic heterocycles. The van der Waals surface area contributed by atoms with Gasteiger partial charge in [-0.3, -0.25) is 4.79 Å². The molecule has 132 valence electrons. The zero-order chi connectivity index (χ0) is 17.9. The van der Waals surface area contributed by atoms with Crippen molar-refractivity contribution in [1.29, 1.82) is 0 Å². The minimum Gasteiger partial charge on any atom is -0.339 e. The first kappa shape index (κ1) is 16.7. The number of hydrogen-bond donors (Lipinski definition) is 0. The van der Waals surface area contributed by atoms with E-state index in [1.54, 1.807) is 17.4 Å². The number of rotatable bonds is 4. The number of benzene rings is 1. The van der Waals surface area contributed by atoms with Gasteiger partial charge in [0.05, 0.1) is 5.92 Å². The molecule has 6 heteroatoms. The highest BCUT2D eigenvalue weighted by atomic mass is 32.1. The maximum atomic E-state index is 12.7. The van der Waals surface area contributed by atoms with Gasteiger partial charge in [-0.25, -0.2) is 0 Å². The van der Waals surface area contributed by atoms with Crippen molar-refractivity contribution < 1.29 is 9.32 Å². The third-order valence-electron chi connectivity index (χ3n) is 4.65. The molecule has 1 saturated heterocycles. The van der Waals surface area contributed by atoms with Gasteiger partial charge in [0.2, 0.25) is 11.8 Å². The summed E-state index contributed by atoms with van der Waals surface area (Å²) in [5.41, 5.74) is 1.19. The first-order valence-electron chi connectivity index (χ1n) is 8.56. The number of amides is 1. The Morgan fingerprint density at radius 3 is 2.69 bits per heavy atom. The number of carbonyl (C=O) groups excluding carboxylic acids is 1. The van der Waals surface area contributed by atoms with E-state index in [4.69, 9.17) is 4.52 Å². The molecule has 1 amide bonds. The Morgan fingerprint density at radius 2 is 2.00 bits per heavy atom. The summed E-state index contributed by atoms with van der Waals surface area (Å²) in [6, 6.07) is 14.2. The van der Waals surface area contributed by atoms with Crippen molar-refractivity contribution in [2.75, 3.05) is 13.1 Å². The number of aryl methyl sites for hydroxylation is 1. The summed E-state index contributed by atoms with van der Waals surface area (Å²) in [4.78, 5) is 20.0. The smallest absolute Gasteiger partial charge is 0.246 e. The fraction of sp³-hybridized carbons (Fsp3) is 0.250. The summed E-state index contributed by atoms with van der Waals surface area (Å²) < 4.78 is 5.43. The number of aromatic nitrogens is 2. The summed E-state index contributed by atoms with van der Waals surface area (Å²) >= 11 is 1.61. The number of nitrogens with zero attached hydrogens (tertiary/aromatic N) is 3. The van der Waals surface area contributed by atoms with Crippen molar-refractivity contribution in [3.8, 4) is 0 Å². The van der Waals surface area contributed by atoms with Gasteiger partial charge in [-0.2, -0.15) is 4.98 Å². The number of likely N-dealkylation sites (tertiary alicyclic amines) is 1. The molecule has 0 aliphatic carbocycles. The zero-order valence-corrected chi connectivity index (χ0v) is 15.2. The van der Waals surface area contributed by atoms with Crippen LogP contribution in [0.15, 0.2) is 58.4 Å². The third kappa shape index (κ3) is 3.46. The molecule has 0 bridgehead atoms. The molecule has 0 spiro atoms. The molecule has 26 heavy (non-hydrogen) atoms. The molecule has 0 N–H and O–H groups in total. The first-order chi connectivity index (χ1) is 12.7. The second kappa shape index (κ2) is 7.25. The van der Waals surface area contributed by atoms with E-state index < -0.39 is 0 Å². The van der Waals surface area contributed by atoms with Crippen molar-refractivity contribution in [3.63, 3.8) is 0 Å². The molecule has 2 unspecified atom stereocenters. The molecule has 0 radical (unpaired) electrons. The van der Waals surface area contributed by atoms with Crippen molar-refractivity contribution in [2.45, 2.75) is 18.8 Å². The molecule has 5 nitrogen and oxygen atoms in total. The van der Waals surface area contributed by atoms with Crippen LogP contribution in [0.5, 0.6) is 0 Å². The van der Waals surface area contributed by atoms with Crippen LogP contribution < -0.4 is 0 Å². The van der Waals surface area contributed by atoms with E-state index in [9.17, 15) is 4.79 Å². The monoisotopic (exact) mass is 365 g/mol. The molecule has 3 heterocycles. The predicted molar refractivity (Wildman–Crippen MR) is 101 cm³/mol. The van der Waals surface area contributed by atoms with E-state index in [2.05, 4.69) is 22.3 Å². The summed E-state index contributed by atoms with van der Waals surface area (Å²) in [5, 5.41) is 5.93. The Labute approximate surface area is 156 Å². The van der Waals surface area contributed by atoms with Crippen LogP contribution in [0.2, 0.25) is 0 Å². The fourth-order valence-electron chi connectivity index (χ4n) is 3.38. The van der Waals surface area contributed by atoms with E-state index >= 15 is 0 Å². The number of thiophene rings is 1. The maximum Gasteiger partial charge on any atom is 0.246 e. The average molecular weight is 365 g/mol. The Bertz CT molecular complexity index is 902.